The minimum atomic E-state index is 0.0736. The van der Waals surface area contributed by atoms with Crippen molar-refractivity contribution in [1.29, 1.82) is 0 Å². The SMILES string of the molecule is CC(C)(C)c1c(Br)cnn1CCl. The highest BCUT2D eigenvalue weighted by atomic mass is 79.9. The zero-order chi connectivity index (χ0) is 9.35. The van der Waals surface area contributed by atoms with Gasteiger partial charge in [0, 0.05) is 5.41 Å². The molecule has 0 radical (unpaired) electrons. The summed E-state index contributed by atoms with van der Waals surface area (Å²) >= 11 is 9.18. The monoisotopic (exact) mass is 250 g/mol. The Labute approximate surface area is 86.0 Å². The van der Waals surface area contributed by atoms with E-state index in [0.717, 1.165) is 10.2 Å². The van der Waals surface area contributed by atoms with Gasteiger partial charge in [-0.05, 0) is 15.9 Å². The normalized spacial score (nSPS) is 12.1. The fourth-order valence-electron chi connectivity index (χ4n) is 1.20. The van der Waals surface area contributed by atoms with Gasteiger partial charge in [0.15, 0.2) is 0 Å². The molecule has 0 amide bonds. The zero-order valence-corrected chi connectivity index (χ0v) is 9.78. The summed E-state index contributed by atoms with van der Waals surface area (Å²) in [6, 6.07) is 0.401. The molecule has 0 saturated heterocycles. The molecule has 1 aromatic heterocycles. The highest BCUT2D eigenvalue weighted by Crippen LogP contribution is 2.29. The van der Waals surface area contributed by atoms with Crippen molar-refractivity contribution in [3.05, 3.63) is 16.4 Å². The Bertz CT molecular complexity index is 275. The van der Waals surface area contributed by atoms with Crippen molar-refractivity contribution in [2.45, 2.75) is 32.2 Å². The Balaban J connectivity index is 3.19. The van der Waals surface area contributed by atoms with Gasteiger partial charge in [-0.1, -0.05) is 20.8 Å². The average molecular weight is 252 g/mol. The Morgan fingerprint density at radius 2 is 2.17 bits per heavy atom. The first-order chi connectivity index (χ1) is 5.46. The molecule has 0 aliphatic carbocycles. The van der Waals surface area contributed by atoms with Crippen LogP contribution < -0.4 is 0 Å². The summed E-state index contributed by atoms with van der Waals surface area (Å²) in [5.41, 5.74) is 1.21. The predicted molar refractivity (Wildman–Crippen MR) is 54.5 cm³/mol. The van der Waals surface area contributed by atoms with Gasteiger partial charge in [0.1, 0.15) is 6.00 Å². The maximum absolute atomic E-state index is 5.73. The van der Waals surface area contributed by atoms with Crippen molar-refractivity contribution >= 4 is 27.5 Å². The molecule has 1 heterocycles. The second-order valence-electron chi connectivity index (χ2n) is 3.71. The minimum Gasteiger partial charge on any atom is -0.253 e. The van der Waals surface area contributed by atoms with Crippen molar-refractivity contribution in [1.82, 2.24) is 9.78 Å². The summed E-state index contributed by atoms with van der Waals surface area (Å²) in [5.74, 6) is 0. The van der Waals surface area contributed by atoms with Gasteiger partial charge in [-0.3, -0.25) is 4.68 Å². The molecule has 0 unspecified atom stereocenters. The molecular weight excluding hydrogens is 239 g/mol. The Morgan fingerprint density at radius 1 is 1.58 bits per heavy atom. The Kier molecular flexibility index (Phi) is 2.84. The lowest BCUT2D eigenvalue weighted by molar-refractivity contribution is 0.516. The maximum atomic E-state index is 5.73. The minimum absolute atomic E-state index is 0.0736. The molecule has 0 atom stereocenters. The summed E-state index contributed by atoms with van der Waals surface area (Å²) < 4.78 is 2.82. The van der Waals surface area contributed by atoms with Crippen LogP contribution in [0.4, 0.5) is 0 Å². The molecule has 0 spiro atoms. The highest BCUT2D eigenvalue weighted by Gasteiger charge is 2.22. The molecule has 1 aromatic rings. The van der Waals surface area contributed by atoms with E-state index in [1.54, 1.807) is 10.9 Å². The van der Waals surface area contributed by atoms with Gasteiger partial charge in [0.05, 0.1) is 16.4 Å². The highest BCUT2D eigenvalue weighted by molar-refractivity contribution is 9.10. The quantitative estimate of drug-likeness (QED) is 0.701. The van der Waals surface area contributed by atoms with Crippen LogP contribution in [0.3, 0.4) is 0 Å². The van der Waals surface area contributed by atoms with E-state index in [0.29, 0.717) is 6.00 Å². The van der Waals surface area contributed by atoms with Gasteiger partial charge in [-0.15, -0.1) is 11.6 Å². The number of hydrogen-bond donors (Lipinski definition) is 0. The summed E-state index contributed by atoms with van der Waals surface area (Å²) in [5, 5.41) is 4.14. The van der Waals surface area contributed by atoms with Crippen molar-refractivity contribution < 1.29 is 0 Å². The van der Waals surface area contributed by atoms with Crippen molar-refractivity contribution in [2.24, 2.45) is 0 Å². The molecule has 0 bridgehead atoms. The molecule has 0 saturated carbocycles. The van der Waals surface area contributed by atoms with Gasteiger partial charge < -0.3 is 0 Å². The molecule has 68 valence electrons. The first kappa shape index (κ1) is 10.1. The van der Waals surface area contributed by atoms with Crippen LogP contribution in [0, 0.1) is 0 Å². The lowest BCUT2D eigenvalue weighted by Gasteiger charge is -2.19. The van der Waals surface area contributed by atoms with Crippen molar-refractivity contribution in [3.63, 3.8) is 0 Å². The van der Waals surface area contributed by atoms with Crippen LogP contribution >= 0.6 is 27.5 Å². The molecule has 0 aromatic carbocycles. The summed E-state index contributed by atoms with van der Waals surface area (Å²) in [7, 11) is 0. The van der Waals surface area contributed by atoms with E-state index < -0.39 is 0 Å². The third-order valence-electron chi connectivity index (χ3n) is 1.62. The third kappa shape index (κ3) is 1.83. The lowest BCUT2D eigenvalue weighted by Crippen LogP contribution is -2.18. The first-order valence-corrected chi connectivity index (χ1v) is 5.07. The topological polar surface area (TPSA) is 17.8 Å². The Hall–Kier alpha value is -0.0200. The summed E-state index contributed by atoms with van der Waals surface area (Å²) in [4.78, 5) is 0. The molecule has 0 aliphatic heterocycles. The molecule has 1 rings (SSSR count). The van der Waals surface area contributed by atoms with Gasteiger partial charge >= 0.3 is 0 Å². The Morgan fingerprint density at radius 3 is 2.50 bits per heavy atom. The smallest absolute Gasteiger partial charge is 0.115 e. The maximum Gasteiger partial charge on any atom is 0.115 e. The number of halogens is 2. The van der Waals surface area contributed by atoms with Crippen LogP contribution in [0.1, 0.15) is 26.5 Å². The van der Waals surface area contributed by atoms with Crippen molar-refractivity contribution in [3.8, 4) is 0 Å². The van der Waals surface area contributed by atoms with E-state index in [1.165, 1.54) is 0 Å². The third-order valence-corrected chi connectivity index (χ3v) is 2.43. The van der Waals surface area contributed by atoms with Crippen LogP contribution in [-0.4, -0.2) is 9.78 Å². The van der Waals surface area contributed by atoms with E-state index in [1.807, 2.05) is 0 Å². The van der Waals surface area contributed by atoms with Gasteiger partial charge in [-0.2, -0.15) is 5.10 Å². The van der Waals surface area contributed by atoms with E-state index in [-0.39, 0.29) is 5.41 Å². The molecule has 0 fully saturated rings. The van der Waals surface area contributed by atoms with Gasteiger partial charge in [0.2, 0.25) is 0 Å². The standard InChI is InChI=1S/C8H12BrClN2/c1-8(2,3)7-6(9)4-11-12(7)5-10/h4H,5H2,1-3H3. The molecule has 0 aliphatic rings. The lowest BCUT2D eigenvalue weighted by atomic mass is 9.92. The first-order valence-electron chi connectivity index (χ1n) is 3.74. The molecule has 0 N–H and O–H groups in total. The van der Waals surface area contributed by atoms with Gasteiger partial charge in [0.25, 0.3) is 0 Å². The van der Waals surface area contributed by atoms with Crippen LogP contribution in [0.25, 0.3) is 0 Å². The largest absolute Gasteiger partial charge is 0.253 e. The van der Waals surface area contributed by atoms with E-state index in [9.17, 15) is 0 Å². The number of rotatable bonds is 1. The molecule has 12 heavy (non-hydrogen) atoms. The average Bonchev–Trinajstić information content (AvgIpc) is 2.29. The number of hydrogen-bond acceptors (Lipinski definition) is 1. The molecule has 2 nitrogen and oxygen atoms in total. The van der Waals surface area contributed by atoms with Crippen molar-refractivity contribution in [2.75, 3.05) is 0 Å². The number of alkyl halides is 1. The van der Waals surface area contributed by atoms with E-state index in [4.69, 9.17) is 11.6 Å². The molecular formula is C8H12BrClN2. The van der Waals surface area contributed by atoms with Crippen LogP contribution in [0.15, 0.2) is 10.7 Å². The summed E-state index contributed by atoms with van der Waals surface area (Å²) in [6.07, 6.45) is 1.78. The van der Waals surface area contributed by atoms with Crippen LogP contribution in [-0.2, 0) is 11.4 Å². The number of aromatic nitrogens is 2. The predicted octanol–water partition coefficient (Wildman–Crippen LogP) is 3.14. The fraction of sp³-hybridized carbons (Fsp3) is 0.625. The van der Waals surface area contributed by atoms with E-state index in [2.05, 4.69) is 41.8 Å². The fourth-order valence-corrected chi connectivity index (χ4v) is 2.27. The summed E-state index contributed by atoms with van der Waals surface area (Å²) in [6.45, 7) is 6.41. The molecule has 4 heteroatoms. The van der Waals surface area contributed by atoms with E-state index >= 15 is 0 Å². The van der Waals surface area contributed by atoms with Crippen LogP contribution in [0.5, 0.6) is 0 Å². The number of nitrogens with zero attached hydrogens (tertiary/aromatic N) is 2. The second-order valence-corrected chi connectivity index (χ2v) is 4.80. The van der Waals surface area contributed by atoms with Crippen LogP contribution in [0.2, 0.25) is 0 Å². The zero-order valence-electron chi connectivity index (χ0n) is 7.43. The van der Waals surface area contributed by atoms with Gasteiger partial charge in [-0.25, -0.2) is 0 Å². The second kappa shape index (κ2) is 3.38.